The molecule has 1 atom stereocenters. The van der Waals surface area contributed by atoms with Crippen molar-refractivity contribution >= 4 is 11.9 Å². The van der Waals surface area contributed by atoms with Gasteiger partial charge in [0.25, 0.3) is 0 Å². The van der Waals surface area contributed by atoms with Gasteiger partial charge >= 0.3 is 12.1 Å². The molecule has 0 aromatic carbocycles. The molecule has 1 aliphatic rings. The Morgan fingerprint density at radius 2 is 2.00 bits per heavy atom. The summed E-state index contributed by atoms with van der Waals surface area (Å²) in [5, 5.41) is 11.6. The van der Waals surface area contributed by atoms with Crippen molar-refractivity contribution in [3.05, 3.63) is 0 Å². The first-order valence-corrected chi connectivity index (χ1v) is 5.91. The van der Waals surface area contributed by atoms with E-state index < -0.39 is 36.4 Å². The summed E-state index contributed by atoms with van der Waals surface area (Å²) in [7, 11) is 0. The number of halogens is 3. The standard InChI is InChI=1S/C11H17F3N2O3/c1-7(2)15-5-8(17)16-4-3-10(6-16,9(18)19)11(12,13)14/h7,15H,3-6H2,1-2H3,(H,18,19). The predicted molar refractivity (Wildman–Crippen MR) is 60.5 cm³/mol. The Morgan fingerprint density at radius 3 is 2.37 bits per heavy atom. The SMILES string of the molecule is CC(C)NCC(=O)N1CCC(C(=O)O)(C(F)(F)F)C1. The Kier molecular flexibility index (Phi) is 4.44. The molecule has 5 nitrogen and oxygen atoms in total. The van der Waals surface area contributed by atoms with E-state index in [1.54, 1.807) is 13.8 Å². The Bertz CT molecular complexity index is 371. The third kappa shape index (κ3) is 3.17. The van der Waals surface area contributed by atoms with Crippen LogP contribution < -0.4 is 5.32 Å². The number of aliphatic carboxylic acids is 1. The molecule has 1 unspecified atom stereocenters. The molecular weight excluding hydrogens is 265 g/mol. The molecule has 1 aliphatic heterocycles. The van der Waals surface area contributed by atoms with E-state index in [1.165, 1.54) is 0 Å². The van der Waals surface area contributed by atoms with Crippen LogP contribution in [-0.4, -0.2) is 53.7 Å². The zero-order valence-electron chi connectivity index (χ0n) is 10.8. The van der Waals surface area contributed by atoms with Crippen LogP contribution in [0.3, 0.4) is 0 Å². The molecule has 0 spiro atoms. The summed E-state index contributed by atoms with van der Waals surface area (Å²) in [5.41, 5.74) is -2.83. The number of alkyl halides is 3. The van der Waals surface area contributed by atoms with Crippen molar-refractivity contribution in [2.75, 3.05) is 19.6 Å². The first kappa shape index (κ1) is 15.7. The fourth-order valence-electron chi connectivity index (χ4n) is 1.95. The minimum absolute atomic E-state index is 0.0263. The number of hydrogen-bond donors (Lipinski definition) is 2. The Labute approximate surface area is 108 Å². The maximum atomic E-state index is 12.9. The lowest BCUT2D eigenvalue weighted by Gasteiger charge is -2.27. The summed E-state index contributed by atoms with van der Waals surface area (Å²) in [6.45, 7) is 2.50. The number of carboxylic acid groups (broad SMARTS) is 1. The van der Waals surface area contributed by atoms with E-state index in [4.69, 9.17) is 5.11 Å². The highest BCUT2D eigenvalue weighted by molar-refractivity contribution is 5.82. The maximum Gasteiger partial charge on any atom is 0.406 e. The number of likely N-dealkylation sites (tertiary alicyclic amines) is 1. The van der Waals surface area contributed by atoms with Crippen LogP contribution in [0.15, 0.2) is 0 Å². The molecule has 0 radical (unpaired) electrons. The van der Waals surface area contributed by atoms with Crippen molar-refractivity contribution in [3.63, 3.8) is 0 Å². The number of carboxylic acids is 1. The van der Waals surface area contributed by atoms with Crippen LogP contribution in [0.4, 0.5) is 13.2 Å². The molecule has 0 bridgehead atoms. The second kappa shape index (κ2) is 5.36. The van der Waals surface area contributed by atoms with Gasteiger partial charge in [-0.25, -0.2) is 0 Å². The summed E-state index contributed by atoms with van der Waals surface area (Å²) in [5.74, 6) is -2.44. The molecule has 1 fully saturated rings. The lowest BCUT2D eigenvalue weighted by molar-refractivity contribution is -0.227. The molecule has 0 aliphatic carbocycles. The number of carbonyl (C=O) groups excluding carboxylic acids is 1. The van der Waals surface area contributed by atoms with Gasteiger partial charge in [-0.2, -0.15) is 13.2 Å². The van der Waals surface area contributed by atoms with Crippen LogP contribution in [0.25, 0.3) is 0 Å². The first-order valence-electron chi connectivity index (χ1n) is 5.91. The second-order valence-electron chi connectivity index (χ2n) is 4.99. The summed E-state index contributed by atoms with van der Waals surface area (Å²) < 4.78 is 38.6. The molecule has 19 heavy (non-hydrogen) atoms. The number of nitrogens with one attached hydrogen (secondary N) is 1. The van der Waals surface area contributed by atoms with Crippen LogP contribution >= 0.6 is 0 Å². The number of rotatable bonds is 4. The normalized spacial score (nSPS) is 24.0. The third-order valence-electron chi connectivity index (χ3n) is 3.24. The molecule has 0 saturated carbocycles. The zero-order valence-corrected chi connectivity index (χ0v) is 10.8. The smallest absolute Gasteiger partial charge is 0.406 e. The van der Waals surface area contributed by atoms with E-state index in [0.29, 0.717) is 0 Å². The molecule has 110 valence electrons. The second-order valence-corrected chi connectivity index (χ2v) is 4.99. The van der Waals surface area contributed by atoms with Crippen LogP contribution in [0.1, 0.15) is 20.3 Å². The summed E-state index contributed by atoms with van der Waals surface area (Å²) >= 11 is 0. The fourth-order valence-corrected chi connectivity index (χ4v) is 1.95. The van der Waals surface area contributed by atoms with Gasteiger partial charge in [-0.3, -0.25) is 9.59 Å². The lowest BCUT2D eigenvalue weighted by Crippen LogP contribution is -2.48. The van der Waals surface area contributed by atoms with Gasteiger partial charge in [0.05, 0.1) is 6.54 Å². The predicted octanol–water partition coefficient (Wildman–Crippen LogP) is 0.850. The van der Waals surface area contributed by atoms with Gasteiger partial charge in [0.1, 0.15) is 0 Å². The maximum absolute atomic E-state index is 12.9. The third-order valence-corrected chi connectivity index (χ3v) is 3.24. The zero-order chi connectivity index (χ0) is 14.8. The van der Waals surface area contributed by atoms with E-state index in [0.717, 1.165) is 4.90 Å². The summed E-state index contributed by atoms with van der Waals surface area (Å²) in [4.78, 5) is 23.6. The fraction of sp³-hybridized carbons (Fsp3) is 0.818. The molecule has 2 N–H and O–H groups in total. The van der Waals surface area contributed by atoms with Gasteiger partial charge in [-0.1, -0.05) is 13.8 Å². The molecule has 1 rings (SSSR count). The summed E-state index contributed by atoms with van der Waals surface area (Å²) in [6.07, 6.45) is -5.46. The molecule has 8 heteroatoms. The van der Waals surface area contributed by atoms with Gasteiger partial charge in [0.2, 0.25) is 5.91 Å². The lowest BCUT2D eigenvalue weighted by atomic mass is 9.86. The topological polar surface area (TPSA) is 69.6 Å². The van der Waals surface area contributed by atoms with Crippen molar-refractivity contribution in [1.29, 1.82) is 0 Å². The minimum atomic E-state index is -4.86. The minimum Gasteiger partial charge on any atom is -0.481 e. The van der Waals surface area contributed by atoms with Crippen molar-refractivity contribution < 1.29 is 27.9 Å². The average molecular weight is 282 g/mol. The van der Waals surface area contributed by atoms with E-state index in [9.17, 15) is 22.8 Å². The van der Waals surface area contributed by atoms with Crippen LogP contribution in [-0.2, 0) is 9.59 Å². The van der Waals surface area contributed by atoms with Gasteiger partial charge in [-0.15, -0.1) is 0 Å². The molecule has 1 amide bonds. The van der Waals surface area contributed by atoms with Crippen molar-refractivity contribution in [1.82, 2.24) is 10.2 Å². The van der Waals surface area contributed by atoms with Crippen molar-refractivity contribution in [2.45, 2.75) is 32.5 Å². The number of amides is 1. The molecular formula is C11H17F3N2O3. The van der Waals surface area contributed by atoms with E-state index in [-0.39, 0.29) is 19.1 Å². The van der Waals surface area contributed by atoms with Crippen LogP contribution in [0, 0.1) is 5.41 Å². The van der Waals surface area contributed by atoms with Gasteiger partial charge in [0.15, 0.2) is 5.41 Å². The van der Waals surface area contributed by atoms with Crippen molar-refractivity contribution in [2.24, 2.45) is 5.41 Å². The number of hydrogen-bond acceptors (Lipinski definition) is 3. The highest BCUT2D eigenvalue weighted by Gasteiger charge is 2.64. The number of nitrogens with zero attached hydrogens (tertiary/aromatic N) is 1. The highest BCUT2D eigenvalue weighted by Crippen LogP contribution is 2.45. The molecule has 0 aromatic rings. The molecule has 1 saturated heterocycles. The Hall–Kier alpha value is -1.31. The number of carbonyl (C=O) groups is 2. The quantitative estimate of drug-likeness (QED) is 0.802. The molecule has 0 aromatic heterocycles. The summed E-state index contributed by atoms with van der Waals surface area (Å²) in [6, 6.07) is 0.0263. The van der Waals surface area contributed by atoms with E-state index in [2.05, 4.69) is 5.32 Å². The molecule has 1 heterocycles. The van der Waals surface area contributed by atoms with Crippen molar-refractivity contribution in [3.8, 4) is 0 Å². The van der Waals surface area contributed by atoms with Gasteiger partial charge < -0.3 is 15.3 Å². The highest BCUT2D eigenvalue weighted by atomic mass is 19.4. The largest absolute Gasteiger partial charge is 0.481 e. The van der Waals surface area contributed by atoms with Gasteiger partial charge in [-0.05, 0) is 6.42 Å². The van der Waals surface area contributed by atoms with E-state index >= 15 is 0 Å². The van der Waals surface area contributed by atoms with Gasteiger partial charge in [0, 0.05) is 19.1 Å². The Balaban J connectivity index is 2.75. The van der Waals surface area contributed by atoms with Crippen LogP contribution in [0.2, 0.25) is 0 Å². The van der Waals surface area contributed by atoms with Crippen LogP contribution in [0.5, 0.6) is 0 Å². The first-order chi connectivity index (χ1) is 8.60. The average Bonchev–Trinajstić information content (AvgIpc) is 2.71. The van der Waals surface area contributed by atoms with E-state index in [1.807, 2.05) is 0 Å². The monoisotopic (exact) mass is 282 g/mol. The Morgan fingerprint density at radius 1 is 1.42 bits per heavy atom.